The molecule has 0 atom stereocenters. The van der Waals surface area contributed by atoms with Crippen molar-refractivity contribution in [1.29, 1.82) is 0 Å². The van der Waals surface area contributed by atoms with Crippen LogP contribution in [0.15, 0.2) is 91.0 Å². The molecule has 0 bridgehead atoms. The van der Waals surface area contributed by atoms with Gasteiger partial charge in [-0.05, 0) is 78.1 Å². The second-order valence-electron chi connectivity index (χ2n) is 9.77. The number of nitrogens with two attached hydrogens (primary N) is 1. The van der Waals surface area contributed by atoms with Crippen LogP contribution in [-0.2, 0) is 13.1 Å². The number of hydrazine groups is 1. The fourth-order valence-corrected chi connectivity index (χ4v) is 4.94. The van der Waals surface area contributed by atoms with Crippen molar-refractivity contribution in [3.8, 4) is 11.1 Å². The van der Waals surface area contributed by atoms with E-state index in [1.165, 1.54) is 0 Å². The first-order valence-electron chi connectivity index (χ1n) is 12.8. The number of amides is 1. The molecule has 0 saturated heterocycles. The Labute approximate surface area is 231 Å². The molecule has 1 heterocycles. The maximum absolute atomic E-state index is 12.9. The van der Waals surface area contributed by atoms with Gasteiger partial charge in [-0.15, -0.1) is 0 Å². The molecule has 0 aliphatic carbocycles. The molecular weight excluding hydrogens is 504 g/mol. The highest BCUT2D eigenvalue weighted by Crippen LogP contribution is 2.29. The molecule has 0 aliphatic heterocycles. The lowest BCUT2D eigenvalue weighted by molar-refractivity contribution is 0.0697. The normalized spacial score (nSPS) is 11.0. The van der Waals surface area contributed by atoms with E-state index >= 15 is 0 Å². The van der Waals surface area contributed by atoms with E-state index in [1.807, 2.05) is 54.6 Å². The summed E-state index contributed by atoms with van der Waals surface area (Å²) in [5.74, 6) is 4.20. The topological polar surface area (TPSA) is 121 Å². The number of anilines is 1. The number of carboxylic acid groups (broad SMARTS) is 1. The van der Waals surface area contributed by atoms with Crippen LogP contribution in [0.5, 0.6) is 0 Å². The molecule has 4 aromatic carbocycles. The molecule has 0 radical (unpaired) electrons. The van der Waals surface area contributed by atoms with Crippen molar-refractivity contribution in [2.75, 3.05) is 5.17 Å². The molecule has 8 nitrogen and oxygen atoms in total. The quantitative estimate of drug-likeness (QED) is 0.150. The molecule has 0 spiro atoms. The minimum absolute atomic E-state index is 0.171. The number of carbonyl (C=O) groups excluding carboxylic acids is 1. The Bertz CT molecular complexity index is 1700. The molecule has 202 valence electrons. The van der Waals surface area contributed by atoms with E-state index in [0.717, 1.165) is 38.9 Å². The number of benzene rings is 4. The van der Waals surface area contributed by atoms with Crippen molar-refractivity contribution in [3.63, 3.8) is 0 Å². The van der Waals surface area contributed by atoms with Crippen molar-refractivity contribution in [1.82, 2.24) is 9.88 Å². The molecule has 0 unspecified atom stereocenters. The van der Waals surface area contributed by atoms with Gasteiger partial charge in [-0.2, -0.15) is 5.17 Å². The van der Waals surface area contributed by atoms with Crippen molar-refractivity contribution in [2.45, 2.75) is 26.9 Å². The van der Waals surface area contributed by atoms with Crippen LogP contribution in [0.3, 0.4) is 0 Å². The van der Waals surface area contributed by atoms with Crippen molar-refractivity contribution >= 4 is 28.5 Å². The molecule has 0 saturated carbocycles. The van der Waals surface area contributed by atoms with Crippen molar-refractivity contribution < 1.29 is 19.9 Å². The minimum Gasteiger partial charge on any atom is -0.478 e. The van der Waals surface area contributed by atoms with Gasteiger partial charge < -0.3 is 15.0 Å². The molecule has 0 fully saturated rings. The van der Waals surface area contributed by atoms with Crippen LogP contribution in [0.4, 0.5) is 5.69 Å². The van der Waals surface area contributed by atoms with E-state index in [0.29, 0.717) is 35.1 Å². The summed E-state index contributed by atoms with van der Waals surface area (Å²) in [6, 6.07) is 27.6. The lowest BCUT2D eigenvalue weighted by Gasteiger charge is -2.11. The van der Waals surface area contributed by atoms with Crippen LogP contribution in [0.25, 0.3) is 22.0 Å². The van der Waals surface area contributed by atoms with Crippen LogP contribution in [0.1, 0.15) is 43.1 Å². The third-order valence-electron chi connectivity index (χ3n) is 7.32. The van der Waals surface area contributed by atoms with E-state index in [4.69, 9.17) is 5.84 Å². The zero-order valence-corrected chi connectivity index (χ0v) is 22.3. The fourth-order valence-electron chi connectivity index (χ4n) is 4.94. The first-order chi connectivity index (χ1) is 19.2. The number of aromatic nitrogens is 1. The highest BCUT2D eigenvalue weighted by molar-refractivity contribution is 5.99. The summed E-state index contributed by atoms with van der Waals surface area (Å²) in [4.78, 5) is 24.5. The summed E-state index contributed by atoms with van der Waals surface area (Å²) < 4.78 is 2.23. The summed E-state index contributed by atoms with van der Waals surface area (Å²) in [7, 11) is 0. The number of hydrogen-bond donors (Lipinski definition) is 4. The first kappa shape index (κ1) is 26.7. The van der Waals surface area contributed by atoms with Gasteiger partial charge in [0.05, 0.1) is 11.3 Å². The van der Waals surface area contributed by atoms with Crippen molar-refractivity contribution in [3.05, 3.63) is 125 Å². The molecule has 5 rings (SSSR count). The van der Waals surface area contributed by atoms with Gasteiger partial charge in [0, 0.05) is 35.2 Å². The van der Waals surface area contributed by atoms with Crippen LogP contribution in [0, 0.1) is 13.8 Å². The molecule has 5 aromatic rings. The molecule has 0 aliphatic rings. The largest absolute Gasteiger partial charge is 0.478 e. The zero-order valence-electron chi connectivity index (χ0n) is 22.3. The number of carboxylic acids is 1. The van der Waals surface area contributed by atoms with Gasteiger partial charge in [-0.1, -0.05) is 54.6 Å². The van der Waals surface area contributed by atoms with Gasteiger partial charge in [-0.25, -0.2) is 10.6 Å². The second kappa shape index (κ2) is 11.1. The molecular formula is C32H30N4O4. The lowest BCUT2D eigenvalue weighted by Crippen LogP contribution is -2.26. The van der Waals surface area contributed by atoms with Gasteiger partial charge >= 0.3 is 5.97 Å². The molecule has 5 N–H and O–H groups in total. The van der Waals surface area contributed by atoms with Gasteiger partial charge in [0.25, 0.3) is 5.91 Å². The smallest absolute Gasteiger partial charge is 0.336 e. The number of nitrogens with zero attached hydrogens (tertiary/aromatic N) is 2. The average molecular weight is 535 g/mol. The summed E-state index contributed by atoms with van der Waals surface area (Å²) in [6.07, 6.45) is 0. The highest BCUT2D eigenvalue weighted by Gasteiger charge is 2.15. The van der Waals surface area contributed by atoms with E-state index in [9.17, 15) is 19.9 Å². The number of nitrogens with one attached hydrogen (secondary N) is 1. The highest BCUT2D eigenvalue weighted by atomic mass is 16.5. The van der Waals surface area contributed by atoms with Crippen molar-refractivity contribution in [2.24, 2.45) is 5.84 Å². The second-order valence-corrected chi connectivity index (χ2v) is 9.77. The molecule has 1 aromatic heterocycles. The molecule has 40 heavy (non-hydrogen) atoms. The summed E-state index contributed by atoms with van der Waals surface area (Å²) >= 11 is 0. The Hall–Kier alpha value is -4.92. The molecule has 1 amide bonds. The SMILES string of the molecule is Cc1c(C)n(Cc2ccc(-c3ccccc3C(=O)O)cc2)c2ccc(C(=O)NCc3ccc(N(N)O)cc3)cc12. The van der Waals surface area contributed by atoms with E-state index in [-0.39, 0.29) is 11.5 Å². The van der Waals surface area contributed by atoms with Crippen LogP contribution in [-0.4, -0.2) is 26.8 Å². The number of aromatic carboxylic acids is 1. The number of carbonyl (C=O) groups is 2. The number of aryl methyl sites for hydroxylation is 1. The van der Waals surface area contributed by atoms with E-state index < -0.39 is 5.97 Å². The number of rotatable bonds is 8. The minimum atomic E-state index is -0.946. The monoisotopic (exact) mass is 534 g/mol. The van der Waals surface area contributed by atoms with E-state index in [2.05, 4.69) is 23.7 Å². The summed E-state index contributed by atoms with van der Waals surface area (Å²) in [5.41, 5.74) is 8.10. The van der Waals surface area contributed by atoms with Crippen LogP contribution in [0.2, 0.25) is 0 Å². The van der Waals surface area contributed by atoms with Gasteiger partial charge in [0.1, 0.15) is 0 Å². The average Bonchev–Trinajstić information content (AvgIpc) is 3.20. The summed E-state index contributed by atoms with van der Waals surface area (Å²) in [5, 5.41) is 23.3. The zero-order chi connectivity index (χ0) is 28.4. The van der Waals surface area contributed by atoms with E-state index in [1.54, 1.807) is 36.4 Å². The lowest BCUT2D eigenvalue weighted by atomic mass is 9.99. The standard InChI is InChI=1S/C32H30N4O4/c1-20-21(2)35(19-23-7-11-24(12-8-23)27-5-3-4-6-28(27)32(38)39)30-16-13-25(17-29(20)30)31(37)34-18-22-9-14-26(15-10-22)36(33)40/h3-17,40H,18-19,33H2,1-2H3,(H,34,37)(H,38,39). The predicted octanol–water partition coefficient (Wildman–Crippen LogP) is 5.67. The number of hydrogen-bond acceptors (Lipinski definition) is 5. The third-order valence-corrected chi connectivity index (χ3v) is 7.32. The predicted molar refractivity (Wildman–Crippen MR) is 155 cm³/mol. The van der Waals surface area contributed by atoms with Gasteiger partial charge in [-0.3, -0.25) is 10.0 Å². The number of fused-ring (bicyclic) bond motifs is 1. The Balaban J connectivity index is 1.34. The Morgan fingerprint density at radius 3 is 2.25 bits per heavy atom. The fraction of sp³-hybridized carbons (Fsp3) is 0.125. The van der Waals surface area contributed by atoms with Crippen LogP contribution < -0.4 is 16.3 Å². The van der Waals surface area contributed by atoms with Crippen LogP contribution >= 0.6 is 0 Å². The first-order valence-corrected chi connectivity index (χ1v) is 12.8. The van der Waals surface area contributed by atoms with Gasteiger partial charge in [0.15, 0.2) is 0 Å². The Morgan fingerprint density at radius 2 is 1.57 bits per heavy atom. The Kier molecular flexibility index (Phi) is 7.37. The van der Waals surface area contributed by atoms with Gasteiger partial charge in [0.2, 0.25) is 0 Å². The third kappa shape index (κ3) is 5.31. The Morgan fingerprint density at radius 1 is 0.900 bits per heavy atom. The maximum Gasteiger partial charge on any atom is 0.336 e. The molecule has 8 heteroatoms. The summed E-state index contributed by atoms with van der Waals surface area (Å²) in [6.45, 7) is 5.13. The maximum atomic E-state index is 12.9.